The summed E-state index contributed by atoms with van der Waals surface area (Å²) in [7, 11) is 0. The summed E-state index contributed by atoms with van der Waals surface area (Å²) in [5.74, 6) is -1.85. The van der Waals surface area contributed by atoms with E-state index < -0.39 is 12.0 Å². The number of alkyl halides is 3. The Labute approximate surface area is 151 Å². The van der Waals surface area contributed by atoms with Gasteiger partial charge in [-0.1, -0.05) is 47.5 Å². The molecule has 0 radical (unpaired) electrons. The SMILES string of the molecule is Cc1c(C(=O)C(F)(F)F)c2ccccc2n1Cc1ccc(Cl)cc1Cl. The fraction of sp³-hybridized carbons (Fsp3) is 0.167. The summed E-state index contributed by atoms with van der Waals surface area (Å²) in [5, 5.41) is 1.15. The highest BCUT2D eigenvalue weighted by Gasteiger charge is 2.42. The number of aromatic nitrogens is 1. The van der Waals surface area contributed by atoms with Crippen LogP contribution < -0.4 is 0 Å². The summed E-state index contributed by atoms with van der Waals surface area (Å²) in [6.07, 6.45) is -4.93. The molecule has 0 N–H and O–H groups in total. The van der Waals surface area contributed by atoms with Crippen molar-refractivity contribution in [2.24, 2.45) is 0 Å². The maximum atomic E-state index is 13.0. The zero-order valence-corrected chi connectivity index (χ0v) is 14.5. The lowest BCUT2D eigenvalue weighted by Gasteiger charge is -2.11. The van der Waals surface area contributed by atoms with E-state index in [0.29, 0.717) is 21.1 Å². The Kier molecular flexibility index (Phi) is 4.56. The van der Waals surface area contributed by atoms with E-state index in [1.54, 1.807) is 41.0 Å². The Hall–Kier alpha value is -1.98. The van der Waals surface area contributed by atoms with Gasteiger partial charge in [-0.3, -0.25) is 4.79 Å². The normalized spacial score (nSPS) is 11.9. The molecule has 1 heterocycles. The first-order valence-corrected chi connectivity index (χ1v) is 8.09. The van der Waals surface area contributed by atoms with Crippen molar-refractivity contribution in [3.63, 3.8) is 0 Å². The average Bonchev–Trinajstić information content (AvgIpc) is 2.80. The lowest BCUT2D eigenvalue weighted by molar-refractivity contribution is -0.0884. The number of rotatable bonds is 3. The third kappa shape index (κ3) is 3.26. The van der Waals surface area contributed by atoms with Crippen molar-refractivity contribution in [3.8, 4) is 0 Å². The smallest absolute Gasteiger partial charge is 0.340 e. The van der Waals surface area contributed by atoms with Gasteiger partial charge in [-0.15, -0.1) is 0 Å². The van der Waals surface area contributed by atoms with E-state index in [0.717, 1.165) is 0 Å². The maximum absolute atomic E-state index is 13.0. The minimum absolute atomic E-state index is 0.230. The van der Waals surface area contributed by atoms with E-state index in [1.165, 1.54) is 13.0 Å². The van der Waals surface area contributed by atoms with E-state index in [-0.39, 0.29) is 23.2 Å². The van der Waals surface area contributed by atoms with Crippen LogP contribution in [0.2, 0.25) is 10.0 Å². The predicted molar refractivity (Wildman–Crippen MR) is 92.6 cm³/mol. The highest BCUT2D eigenvalue weighted by molar-refractivity contribution is 6.35. The van der Waals surface area contributed by atoms with Gasteiger partial charge in [0.1, 0.15) is 0 Å². The Morgan fingerprint density at radius 2 is 1.80 bits per heavy atom. The first-order valence-electron chi connectivity index (χ1n) is 7.33. The van der Waals surface area contributed by atoms with Crippen LogP contribution in [0.3, 0.4) is 0 Å². The van der Waals surface area contributed by atoms with Gasteiger partial charge in [0.25, 0.3) is 5.78 Å². The minimum atomic E-state index is -4.93. The molecule has 0 saturated heterocycles. The summed E-state index contributed by atoms with van der Waals surface area (Å²) >= 11 is 12.1. The number of carbonyl (C=O) groups is 1. The number of hydrogen-bond donors (Lipinski definition) is 0. The van der Waals surface area contributed by atoms with Crippen LogP contribution in [0.5, 0.6) is 0 Å². The molecule has 3 rings (SSSR count). The molecule has 130 valence electrons. The fourth-order valence-electron chi connectivity index (χ4n) is 2.88. The molecule has 0 aliphatic carbocycles. The Morgan fingerprint density at radius 1 is 1.12 bits per heavy atom. The molecule has 25 heavy (non-hydrogen) atoms. The molecule has 0 spiro atoms. The van der Waals surface area contributed by atoms with Crippen LogP contribution in [0, 0.1) is 6.92 Å². The topological polar surface area (TPSA) is 22.0 Å². The molecule has 7 heteroatoms. The number of nitrogens with zero attached hydrogens (tertiary/aromatic N) is 1. The van der Waals surface area contributed by atoms with E-state index in [1.807, 2.05) is 0 Å². The molecule has 0 saturated carbocycles. The van der Waals surface area contributed by atoms with Crippen LogP contribution in [0.4, 0.5) is 13.2 Å². The third-order valence-electron chi connectivity index (χ3n) is 4.06. The quantitative estimate of drug-likeness (QED) is 0.503. The Balaban J connectivity index is 2.19. The second-order valence-corrected chi connectivity index (χ2v) is 6.47. The summed E-state index contributed by atoms with van der Waals surface area (Å²) in [4.78, 5) is 11.9. The van der Waals surface area contributed by atoms with Gasteiger partial charge in [0, 0.05) is 33.2 Å². The Bertz CT molecular complexity index is 976. The molecule has 2 aromatic carbocycles. The zero-order chi connectivity index (χ0) is 18.4. The molecule has 2 nitrogen and oxygen atoms in total. The summed E-state index contributed by atoms with van der Waals surface area (Å²) in [6, 6.07) is 11.5. The summed E-state index contributed by atoms with van der Waals surface area (Å²) in [5.41, 5.74) is 1.15. The van der Waals surface area contributed by atoms with Gasteiger partial charge < -0.3 is 4.57 Å². The largest absolute Gasteiger partial charge is 0.454 e. The lowest BCUT2D eigenvalue weighted by atomic mass is 10.1. The number of ketones is 1. The first kappa shape index (κ1) is 17.8. The molecule has 0 bridgehead atoms. The standard InChI is InChI=1S/C18H12Cl2F3NO/c1-10-16(17(25)18(21,22)23)13-4-2-3-5-15(13)24(10)9-11-6-7-12(19)8-14(11)20/h2-8H,9H2,1H3. The molecule has 0 atom stereocenters. The van der Waals surface area contributed by atoms with Crippen LogP contribution in [-0.2, 0) is 6.54 Å². The number of halogens is 5. The van der Waals surface area contributed by atoms with Gasteiger partial charge >= 0.3 is 6.18 Å². The molecule has 0 unspecified atom stereocenters. The molecule has 3 aromatic rings. The monoisotopic (exact) mass is 385 g/mol. The van der Waals surface area contributed by atoms with Crippen LogP contribution in [0.15, 0.2) is 42.5 Å². The van der Waals surface area contributed by atoms with Gasteiger partial charge in [0.15, 0.2) is 0 Å². The molecule has 0 aliphatic rings. The van der Waals surface area contributed by atoms with Crippen molar-refractivity contribution in [3.05, 3.63) is 69.3 Å². The highest BCUT2D eigenvalue weighted by atomic mass is 35.5. The van der Waals surface area contributed by atoms with Crippen molar-refractivity contribution >= 4 is 39.9 Å². The third-order valence-corrected chi connectivity index (χ3v) is 4.65. The predicted octanol–water partition coefficient (Wildman–Crippen LogP) is 6.05. The Morgan fingerprint density at radius 3 is 2.44 bits per heavy atom. The molecule has 1 aromatic heterocycles. The van der Waals surface area contributed by atoms with Crippen molar-refractivity contribution < 1.29 is 18.0 Å². The van der Waals surface area contributed by atoms with Gasteiger partial charge in [-0.25, -0.2) is 0 Å². The van der Waals surface area contributed by atoms with E-state index in [4.69, 9.17) is 23.2 Å². The first-order chi connectivity index (χ1) is 11.7. The number of Topliss-reactive ketones (excluding diaryl/α,β-unsaturated/α-hetero) is 1. The van der Waals surface area contributed by atoms with Crippen LogP contribution >= 0.6 is 23.2 Å². The molecule has 0 amide bonds. The number of para-hydroxylation sites is 1. The number of benzene rings is 2. The highest BCUT2D eigenvalue weighted by Crippen LogP contribution is 2.33. The van der Waals surface area contributed by atoms with E-state index in [9.17, 15) is 18.0 Å². The van der Waals surface area contributed by atoms with E-state index in [2.05, 4.69) is 0 Å². The van der Waals surface area contributed by atoms with E-state index >= 15 is 0 Å². The van der Waals surface area contributed by atoms with Gasteiger partial charge in [0.05, 0.1) is 5.56 Å². The second-order valence-electron chi connectivity index (χ2n) is 5.63. The zero-order valence-electron chi connectivity index (χ0n) is 13.0. The van der Waals surface area contributed by atoms with Crippen LogP contribution in [-0.4, -0.2) is 16.5 Å². The van der Waals surface area contributed by atoms with Crippen LogP contribution in [0.25, 0.3) is 10.9 Å². The number of carbonyl (C=O) groups excluding carboxylic acids is 1. The number of hydrogen-bond acceptors (Lipinski definition) is 1. The van der Waals surface area contributed by atoms with Crippen molar-refractivity contribution in [1.29, 1.82) is 0 Å². The molecular formula is C18H12Cl2F3NO. The maximum Gasteiger partial charge on any atom is 0.454 e. The van der Waals surface area contributed by atoms with Gasteiger partial charge in [-0.2, -0.15) is 13.2 Å². The lowest BCUT2D eigenvalue weighted by Crippen LogP contribution is -2.23. The van der Waals surface area contributed by atoms with Crippen LogP contribution in [0.1, 0.15) is 21.6 Å². The molecule has 0 aliphatic heterocycles. The van der Waals surface area contributed by atoms with Crippen molar-refractivity contribution in [2.75, 3.05) is 0 Å². The number of fused-ring (bicyclic) bond motifs is 1. The minimum Gasteiger partial charge on any atom is -0.340 e. The fourth-order valence-corrected chi connectivity index (χ4v) is 3.35. The summed E-state index contributed by atoms with van der Waals surface area (Å²) in [6.45, 7) is 1.73. The van der Waals surface area contributed by atoms with Gasteiger partial charge in [0.2, 0.25) is 0 Å². The summed E-state index contributed by atoms with van der Waals surface area (Å²) < 4.78 is 40.6. The van der Waals surface area contributed by atoms with Crippen molar-refractivity contribution in [1.82, 2.24) is 4.57 Å². The average molecular weight is 386 g/mol. The molecule has 0 fully saturated rings. The van der Waals surface area contributed by atoms with Gasteiger partial charge in [-0.05, 0) is 30.7 Å². The van der Waals surface area contributed by atoms with Crippen molar-refractivity contribution in [2.45, 2.75) is 19.6 Å². The second kappa shape index (κ2) is 6.39. The molecular weight excluding hydrogens is 374 g/mol.